The molecule has 2 aliphatic rings. The summed E-state index contributed by atoms with van der Waals surface area (Å²) in [5, 5.41) is 0. The highest BCUT2D eigenvalue weighted by Gasteiger charge is 2.29. The number of hydrogen-bond donors (Lipinski definition) is 0. The largest absolute Gasteiger partial charge is 0.495 e. The van der Waals surface area contributed by atoms with E-state index in [1.54, 1.807) is 21.3 Å². The second-order valence-corrected chi connectivity index (χ2v) is 7.91. The number of benzene rings is 2. The predicted octanol–water partition coefficient (Wildman–Crippen LogP) is 2.81. The number of piperazine rings is 1. The van der Waals surface area contributed by atoms with Crippen LogP contribution in [0.1, 0.15) is 12.0 Å². The van der Waals surface area contributed by atoms with Gasteiger partial charge in [-0.25, -0.2) is 0 Å². The van der Waals surface area contributed by atoms with E-state index in [2.05, 4.69) is 21.9 Å². The molecule has 0 bridgehead atoms. The zero-order valence-electron chi connectivity index (χ0n) is 18.6. The van der Waals surface area contributed by atoms with Crippen molar-refractivity contribution in [1.29, 1.82) is 0 Å². The molecule has 1 saturated heterocycles. The zero-order valence-corrected chi connectivity index (χ0v) is 18.6. The average molecular weight is 426 g/mol. The second-order valence-electron chi connectivity index (χ2n) is 7.91. The summed E-state index contributed by atoms with van der Waals surface area (Å²) >= 11 is 0. The number of carbonyl (C=O) groups excluding carboxylic acids is 1. The molecule has 7 nitrogen and oxygen atoms in total. The molecule has 2 aromatic rings. The van der Waals surface area contributed by atoms with Crippen LogP contribution >= 0.6 is 0 Å². The second kappa shape index (κ2) is 9.47. The molecule has 166 valence electrons. The number of carbonyl (C=O) groups is 1. The number of anilines is 2. The van der Waals surface area contributed by atoms with Crippen LogP contribution in [0.3, 0.4) is 0 Å². The van der Waals surface area contributed by atoms with Gasteiger partial charge in [0, 0.05) is 38.8 Å². The van der Waals surface area contributed by atoms with Gasteiger partial charge in [-0.3, -0.25) is 9.69 Å². The summed E-state index contributed by atoms with van der Waals surface area (Å²) in [4.78, 5) is 19.3. The van der Waals surface area contributed by atoms with Gasteiger partial charge in [0.15, 0.2) is 11.5 Å². The predicted molar refractivity (Wildman–Crippen MR) is 122 cm³/mol. The monoisotopic (exact) mass is 425 g/mol. The molecular formula is C24H31N3O4. The van der Waals surface area contributed by atoms with Crippen LogP contribution in [-0.2, 0) is 11.2 Å². The van der Waals surface area contributed by atoms with Crippen LogP contribution in [0.4, 0.5) is 11.4 Å². The Morgan fingerprint density at radius 3 is 2.19 bits per heavy atom. The molecule has 4 rings (SSSR count). The number of nitrogens with zero attached hydrogens (tertiary/aromatic N) is 3. The van der Waals surface area contributed by atoms with Gasteiger partial charge in [0.05, 0.1) is 39.1 Å². The number of hydrogen-bond acceptors (Lipinski definition) is 6. The molecule has 7 heteroatoms. The lowest BCUT2D eigenvalue weighted by Crippen LogP contribution is -2.47. The Kier molecular flexibility index (Phi) is 6.51. The van der Waals surface area contributed by atoms with Crippen LogP contribution in [0.15, 0.2) is 36.4 Å². The first-order valence-corrected chi connectivity index (χ1v) is 10.8. The number of amides is 1. The van der Waals surface area contributed by atoms with Gasteiger partial charge in [0.1, 0.15) is 5.75 Å². The summed E-state index contributed by atoms with van der Waals surface area (Å²) in [5.74, 6) is 2.40. The smallest absolute Gasteiger partial charge is 0.231 e. The van der Waals surface area contributed by atoms with Gasteiger partial charge < -0.3 is 24.0 Å². The lowest BCUT2D eigenvalue weighted by atomic mass is 10.1. The fraction of sp³-hybridized carbons (Fsp3) is 0.458. The van der Waals surface area contributed by atoms with Crippen molar-refractivity contribution in [2.75, 3.05) is 70.4 Å². The minimum absolute atomic E-state index is 0.145. The lowest BCUT2D eigenvalue weighted by molar-refractivity contribution is -0.117. The Morgan fingerprint density at radius 1 is 0.806 bits per heavy atom. The Balaban J connectivity index is 1.31. The topological polar surface area (TPSA) is 54.5 Å². The number of methoxy groups -OCH3 is 3. The maximum atomic E-state index is 12.6. The molecule has 0 spiro atoms. The molecule has 0 atom stereocenters. The average Bonchev–Trinajstić information content (AvgIpc) is 3.12. The van der Waals surface area contributed by atoms with Crippen molar-refractivity contribution in [1.82, 2.24) is 4.90 Å². The van der Waals surface area contributed by atoms with Crippen molar-refractivity contribution >= 4 is 17.3 Å². The van der Waals surface area contributed by atoms with E-state index in [4.69, 9.17) is 14.2 Å². The number of fused-ring (bicyclic) bond motifs is 1. The molecule has 0 saturated carbocycles. The Labute approximate surface area is 184 Å². The Morgan fingerprint density at radius 2 is 1.48 bits per heavy atom. The minimum atomic E-state index is 0.145. The highest BCUT2D eigenvalue weighted by Crippen LogP contribution is 2.39. The molecule has 0 unspecified atom stereocenters. The minimum Gasteiger partial charge on any atom is -0.495 e. The highest BCUT2D eigenvalue weighted by atomic mass is 16.5. The van der Waals surface area contributed by atoms with E-state index in [9.17, 15) is 4.79 Å². The highest BCUT2D eigenvalue weighted by molar-refractivity contribution is 6.02. The molecule has 2 aliphatic heterocycles. The van der Waals surface area contributed by atoms with E-state index in [0.29, 0.717) is 24.5 Å². The first-order valence-electron chi connectivity index (χ1n) is 10.8. The van der Waals surface area contributed by atoms with Gasteiger partial charge in [-0.2, -0.15) is 0 Å². The number of rotatable bonds is 8. The van der Waals surface area contributed by atoms with Gasteiger partial charge in [-0.1, -0.05) is 12.1 Å². The fourth-order valence-electron chi connectivity index (χ4n) is 4.50. The maximum absolute atomic E-state index is 12.6. The summed E-state index contributed by atoms with van der Waals surface area (Å²) in [6.07, 6.45) is 1.36. The van der Waals surface area contributed by atoms with Crippen LogP contribution in [0.5, 0.6) is 17.2 Å². The number of para-hydroxylation sites is 2. The molecule has 1 amide bonds. The van der Waals surface area contributed by atoms with Crippen molar-refractivity contribution in [3.05, 3.63) is 42.0 Å². The quantitative estimate of drug-likeness (QED) is 0.648. The Bertz CT molecular complexity index is 925. The fourth-order valence-corrected chi connectivity index (χ4v) is 4.50. The third-order valence-corrected chi connectivity index (χ3v) is 6.17. The summed E-state index contributed by atoms with van der Waals surface area (Å²) in [6.45, 7) is 5.66. The van der Waals surface area contributed by atoms with Crippen LogP contribution in [0.25, 0.3) is 0 Å². The Hall–Kier alpha value is -2.93. The van der Waals surface area contributed by atoms with E-state index in [1.165, 1.54) is 0 Å². The van der Waals surface area contributed by atoms with Crippen molar-refractivity contribution in [3.63, 3.8) is 0 Å². The molecule has 2 aromatic carbocycles. The first-order chi connectivity index (χ1) is 15.1. The standard InChI is InChI=1S/C24H31N3O4/c1-29-21-8-5-4-7-19(21)26-13-11-25(12-14-26)9-6-10-27-20-17-23(31-3)22(30-2)15-18(20)16-24(27)28/h4-5,7-8,15,17H,6,9-14,16H2,1-3H3. The van der Waals surface area contributed by atoms with E-state index in [1.807, 2.05) is 29.2 Å². The molecule has 0 aromatic heterocycles. The summed E-state index contributed by atoms with van der Waals surface area (Å²) in [6, 6.07) is 12.0. The normalized spacial score (nSPS) is 16.4. The van der Waals surface area contributed by atoms with E-state index < -0.39 is 0 Å². The molecular weight excluding hydrogens is 394 g/mol. The van der Waals surface area contributed by atoms with Crippen LogP contribution < -0.4 is 24.0 Å². The molecule has 0 aliphatic carbocycles. The van der Waals surface area contributed by atoms with Gasteiger partial charge in [-0.05, 0) is 36.7 Å². The van der Waals surface area contributed by atoms with E-state index in [0.717, 1.165) is 61.8 Å². The van der Waals surface area contributed by atoms with Gasteiger partial charge >= 0.3 is 0 Å². The van der Waals surface area contributed by atoms with Crippen molar-refractivity contribution in [2.24, 2.45) is 0 Å². The molecule has 0 radical (unpaired) electrons. The summed E-state index contributed by atoms with van der Waals surface area (Å²) in [7, 11) is 4.96. The van der Waals surface area contributed by atoms with Gasteiger partial charge in [0.25, 0.3) is 0 Å². The first kappa shape index (κ1) is 21.3. The molecule has 1 fully saturated rings. The maximum Gasteiger partial charge on any atom is 0.231 e. The van der Waals surface area contributed by atoms with Crippen LogP contribution in [0, 0.1) is 0 Å². The van der Waals surface area contributed by atoms with Crippen molar-refractivity contribution in [3.8, 4) is 17.2 Å². The number of ether oxygens (including phenoxy) is 3. The van der Waals surface area contributed by atoms with Crippen molar-refractivity contribution < 1.29 is 19.0 Å². The molecule has 0 N–H and O–H groups in total. The summed E-state index contributed by atoms with van der Waals surface area (Å²) in [5.41, 5.74) is 3.12. The van der Waals surface area contributed by atoms with E-state index >= 15 is 0 Å². The summed E-state index contributed by atoms with van der Waals surface area (Å²) < 4.78 is 16.3. The lowest BCUT2D eigenvalue weighted by Gasteiger charge is -2.36. The SMILES string of the molecule is COc1cc2c(cc1OC)N(CCCN1CCN(c3ccccc3OC)CC1)C(=O)C2. The van der Waals surface area contributed by atoms with Gasteiger partial charge in [-0.15, -0.1) is 0 Å². The zero-order chi connectivity index (χ0) is 21.8. The molecule has 31 heavy (non-hydrogen) atoms. The van der Waals surface area contributed by atoms with Gasteiger partial charge in [0.2, 0.25) is 5.91 Å². The van der Waals surface area contributed by atoms with Crippen LogP contribution in [0.2, 0.25) is 0 Å². The molecule has 2 heterocycles. The third-order valence-electron chi connectivity index (χ3n) is 6.17. The van der Waals surface area contributed by atoms with E-state index in [-0.39, 0.29) is 5.91 Å². The van der Waals surface area contributed by atoms with Crippen molar-refractivity contribution in [2.45, 2.75) is 12.8 Å². The van der Waals surface area contributed by atoms with Crippen LogP contribution in [-0.4, -0.2) is 71.4 Å². The third kappa shape index (κ3) is 4.42.